The van der Waals surface area contributed by atoms with Crippen LogP contribution in [-0.4, -0.2) is 44.4 Å². The lowest BCUT2D eigenvalue weighted by atomic mass is 10.1. The maximum atomic E-state index is 12.4. The largest absolute Gasteiger partial charge is 0.481 e. The Labute approximate surface area is 110 Å². The van der Waals surface area contributed by atoms with Crippen LogP contribution in [-0.2, 0) is 4.79 Å². The standard InChI is InChI=1S/C12H16N4O3/c1-7(12(18)19)6-16(8-2-3-8)11(17)9-10(13)15-5-4-14-9/h4-5,7-8H,2-3,6H2,1H3,(H2,13,15)(H,18,19). The Morgan fingerprint density at radius 3 is 2.63 bits per heavy atom. The van der Waals surface area contributed by atoms with Crippen LogP contribution in [0.3, 0.4) is 0 Å². The van der Waals surface area contributed by atoms with Crippen molar-refractivity contribution in [1.82, 2.24) is 14.9 Å². The second-order valence-corrected chi connectivity index (χ2v) is 4.72. The second-order valence-electron chi connectivity index (χ2n) is 4.72. The topological polar surface area (TPSA) is 109 Å². The number of amides is 1. The van der Waals surface area contributed by atoms with Gasteiger partial charge in [-0.15, -0.1) is 0 Å². The van der Waals surface area contributed by atoms with E-state index in [1.807, 2.05) is 0 Å². The third kappa shape index (κ3) is 2.98. The Kier molecular flexibility index (Phi) is 3.64. The van der Waals surface area contributed by atoms with Crippen LogP contribution in [0.25, 0.3) is 0 Å². The minimum Gasteiger partial charge on any atom is -0.481 e. The predicted octanol–water partition coefficient (Wildman–Crippen LogP) is 0.384. The average molecular weight is 264 g/mol. The van der Waals surface area contributed by atoms with E-state index >= 15 is 0 Å². The number of hydrogen-bond acceptors (Lipinski definition) is 5. The van der Waals surface area contributed by atoms with E-state index in [1.54, 1.807) is 11.8 Å². The summed E-state index contributed by atoms with van der Waals surface area (Å²) in [5.74, 6) is -1.82. The number of carbonyl (C=O) groups is 2. The highest BCUT2D eigenvalue weighted by molar-refractivity contribution is 5.96. The fourth-order valence-electron chi connectivity index (χ4n) is 1.81. The molecular formula is C12H16N4O3. The molecule has 0 radical (unpaired) electrons. The molecular weight excluding hydrogens is 248 g/mol. The van der Waals surface area contributed by atoms with Gasteiger partial charge in [-0.05, 0) is 12.8 Å². The van der Waals surface area contributed by atoms with E-state index < -0.39 is 11.9 Å². The molecule has 1 aliphatic rings. The number of aliphatic carboxylic acids is 1. The number of rotatable bonds is 5. The molecule has 0 aliphatic heterocycles. The van der Waals surface area contributed by atoms with Crippen molar-refractivity contribution in [3.8, 4) is 0 Å². The van der Waals surface area contributed by atoms with Crippen LogP contribution in [0.5, 0.6) is 0 Å². The highest BCUT2D eigenvalue weighted by Crippen LogP contribution is 2.29. The highest BCUT2D eigenvalue weighted by Gasteiger charge is 2.36. The lowest BCUT2D eigenvalue weighted by Gasteiger charge is -2.24. The SMILES string of the molecule is CC(CN(C(=O)c1nccnc1N)C1CC1)C(=O)O. The summed E-state index contributed by atoms with van der Waals surface area (Å²) in [5, 5.41) is 8.95. The van der Waals surface area contributed by atoms with Gasteiger partial charge in [-0.25, -0.2) is 9.97 Å². The maximum Gasteiger partial charge on any atom is 0.308 e. The number of carboxylic acids is 1. The zero-order valence-corrected chi connectivity index (χ0v) is 10.6. The molecule has 1 fully saturated rings. The summed E-state index contributed by atoms with van der Waals surface area (Å²) in [6, 6.07) is 0.0932. The van der Waals surface area contributed by atoms with Crippen LogP contribution < -0.4 is 5.73 Å². The summed E-state index contributed by atoms with van der Waals surface area (Å²) in [5.41, 5.74) is 5.72. The Balaban J connectivity index is 2.18. The molecule has 1 amide bonds. The normalized spacial score (nSPS) is 15.8. The van der Waals surface area contributed by atoms with Gasteiger partial charge in [0, 0.05) is 25.0 Å². The first-order valence-electron chi connectivity index (χ1n) is 6.11. The van der Waals surface area contributed by atoms with Gasteiger partial charge < -0.3 is 15.7 Å². The molecule has 0 bridgehead atoms. The van der Waals surface area contributed by atoms with Gasteiger partial charge in [0.25, 0.3) is 5.91 Å². The van der Waals surface area contributed by atoms with E-state index in [2.05, 4.69) is 9.97 Å². The van der Waals surface area contributed by atoms with Crippen LogP contribution in [0.4, 0.5) is 5.82 Å². The summed E-state index contributed by atoms with van der Waals surface area (Å²) < 4.78 is 0. The van der Waals surface area contributed by atoms with E-state index in [0.29, 0.717) is 0 Å². The van der Waals surface area contributed by atoms with E-state index in [4.69, 9.17) is 10.8 Å². The number of aromatic nitrogens is 2. The van der Waals surface area contributed by atoms with Crippen molar-refractivity contribution >= 4 is 17.7 Å². The number of anilines is 1. The molecule has 1 atom stereocenters. The van der Waals surface area contributed by atoms with Crippen LogP contribution in [0.15, 0.2) is 12.4 Å². The van der Waals surface area contributed by atoms with Gasteiger partial charge in [-0.2, -0.15) is 0 Å². The van der Waals surface area contributed by atoms with E-state index in [-0.39, 0.29) is 30.0 Å². The van der Waals surface area contributed by atoms with Crippen molar-refractivity contribution in [3.63, 3.8) is 0 Å². The third-order valence-corrected chi connectivity index (χ3v) is 3.07. The second kappa shape index (κ2) is 5.21. The van der Waals surface area contributed by atoms with Gasteiger partial charge in [-0.3, -0.25) is 9.59 Å². The molecule has 0 aromatic carbocycles. The fraction of sp³-hybridized carbons (Fsp3) is 0.500. The number of carbonyl (C=O) groups excluding carboxylic acids is 1. The van der Waals surface area contributed by atoms with Gasteiger partial charge in [0.15, 0.2) is 11.5 Å². The minimum atomic E-state index is -0.925. The summed E-state index contributed by atoms with van der Waals surface area (Å²) in [4.78, 5) is 32.6. The summed E-state index contributed by atoms with van der Waals surface area (Å²) in [7, 11) is 0. The average Bonchev–Trinajstić information content (AvgIpc) is 3.19. The van der Waals surface area contributed by atoms with Gasteiger partial charge >= 0.3 is 5.97 Å². The predicted molar refractivity (Wildman–Crippen MR) is 67.3 cm³/mol. The van der Waals surface area contributed by atoms with Crippen molar-refractivity contribution in [2.45, 2.75) is 25.8 Å². The Bertz CT molecular complexity index is 502. The van der Waals surface area contributed by atoms with Gasteiger partial charge in [0.2, 0.25) is 0 Å². The van der Waals surface area contributed by atoms with Gasteiger partial charge in [0.05, 0.1) is 5.92 Å². The summed E-state index contributed by atoms with van der Waals surface area (Å²) in [6.07, 6.45) is 4.58. The third-order valence-electron chi connectivity index (χ3n) is 3.07. The zero-order valence-electron chi connectivity index (χ0n) is 10.6. The molecule has 7 heteroatoms. The molecule has 1 aromatic heterocycles. The summed E-state index contributed by atoms with van der Waals surface area (Å²) >= 11 is 0. The van der Waals surface area contributed by atoms with Crippen LogP contribution in [0.2, 0.25) is 0 Å². The molecule has 0 saturated heterocycles. The number of nitrogens with zero attached hydrogens (tertiary/aromatic N) is 3. The van der Waals surface area contributed by atoms with Crippen LogP contribution >= 0.6 is 0 Å². The fourth-order valence-corrected chi connectivity index (χ4v) is 1.81. The molecule has 2 rings (SSSR count). The zero-order chi connectivity index (χ0) is 14.0. The van der Waals surface area contributed by atoms with Crippen LogP contribution in [0.1, 0.15) is 30.3 Å². The molecule has 102 valence electrons. The van der Waals surface area contributed by atoms with E-state index in [1.165, 1.54) is 12.4 Å². The lowest BCUT2D eigenvalue weighted by molar-refractivity contribution is -0.141. The Morgan fingerprint density at radius 1 is 1.47 bits per heavy atom. The molecule has 1 aromatic rings. The molecule has 7 nitrogen and oxygen atoms in total. The highest BCUT2D eigenvalue weighted by atomic mass is 16.4. The molecule has 3 N–H and O–H groups in total. The van der Waals surface area contributed by atoms with E-state index in [0.717, 1.165) is 12.8 Å². The Morgan fingerprint density at radius 2 is 2.11 bits per heavy atom. The number of nitrogen functional groups attached to an aromatic ring is 1. The molecule has 19 heavy (non-hydrogen) atoms. The monoisotopic (exact) mass is 264 g/mol. The van der Waals surface area contributed by atoms with Crippen molar-refractivity contribution < 1.29 is 14.7 Å². The van der Waals surface area contributed by atoms with Crippen molar-refractivity contribution in [2.24, 2.45) is 5.92 Å². The van der Waals surface area contributed by atoms with Crippen molar-refractivity contribution in [2.75, 3.05) is 12.3 Å². The Hall–Kier alpha value is -2.18. The number of hydrogen-bond donors (Lipinski definition) is 2. The van der Waals surface area contributed by atoms with Crippen molar-refractivity contribution in [1.29, 1.82) is 0 Å². The number of nitrogens with two attached hydrogens (primary N) is 1. The van der Waals surface area contributed by atoms with Gasteiger partial charge in [0.1, 0.15) is 0 Å². The first kappa shape index (κ1) is 13.3. The molecule has 1 saturated carbocycles. The molecule has 1 aliphatic carbocycles. The molecule has 1 heterocycles. The molecule has 1 unspecified atom stereocenters. The first-order valence-corrected chi connectivity index (χ1v) is 6.11. The first-order chi connectivity index (χ1) is 9.00. The van der Waals surface area contributed by atoms with Gasteiger partial charge in [-0.1, -0.05) is 6.92 Å². The molecule has 0 spiro atoms. The smallest absolute Gasteiger partial charge is 0.308 e. The number of carboxylic acid groups (broad SMARTS) is 1. The quantitative estimate of drug-likeness (QED) is 0.795. The van der Waals surface area contributed by atoms with Crippen molar-refractivity contribution in [3.05, 3.63) is 18.1 Å². The van der Waals surface area contributed by atoms with Crippen LogP contribution in [0, 0.1) is 5.92 Å². The summed E-state index contributed by atoms with van der Waals surface area (Å²) in [6.45, 7) is 1.74. The lowest BCUT2D eigenvalue weighted by Crippen LogP contribution is -2.39. The minimum absolute atomic E-state index is 0.0705. The van der Waals surface area contributed by atoms with E-state index in [9.17, 15) is 9.59 Å². The maximum absolute atomic E-state index is 12.4.